The summed E-state index contributed by atoms with van der Waals surface area (Å²) in [4.78, 5) is 15.6. The molecule has 11 rings (SSSR count). The van der Waals surface area contributed by atoms with E-state index in [1.165, 1.54) is 61.2 Å². The summed E-state index contributed by atoms with van der Waals surface area (Å²) in [7, 11) is 0. The summed E-state index contributed by atoms with van der Waals surface area (Å²) in [6, 6.07) is 67.7. The molecule has 286 valence electrons. The average molecular weight is 770 g/mol. The minimum Gasteiger partial charge on any atom is -0.208 e. The Morgan fingerprint density at radius 1 is 0.250 bits per heavy atom. The lowest BCUT2D eigenvalue weighted by Gasteiger charge is -2.22. The van der Waals surface area contributed by atoms with Crippen molar-refractivity contribution in [3.05, 3.63) is 210 Å². The zero-order valence-electron chi connectivity index (χ0n) is 34.2. The van der Waals surface area contributed by atoms with Crippen molar-refractivity contribution in [1.82, 2.24) is 15.0 Å². The van der Waals surface area contributed by atoms with Gasteiger partial charge in [0.1, 0.15) is 0 Å². The Labute approximate surface area is 352 Å². The second-order valence-corrected chi connectivity index (χ2v) is 17.3. The number of benzene rings is 8. The van der Waals surface area contributed by atoms with Crippen LogP contribution >= 0.6 is 0 Å². The summed E-state index contributed by atoms with van der Waals surface area (Å²) in [5, 5.41) is 0. The van der Waals surface area contributed by atoms with Crippen LogP contribution in [0.3, 0.4) is 0 Å². The molecule has 0 radical (unpaired) electrons. The maximum Gasteiger partial charge on any atom is 0.164 e. The Hall–Kier alpha value is -7.23. The van der Waals surface area contributed by atoms with Gasteiger partial charge >= 0.3 is 0 Å². The minimum absolute atomic E-state index is 0.0802. The molecule has 1 aromatic heterocycles. The summed E-state index contributed by atoms with van der Waals surface area (Å²) < 4.78 is 0. The van der Waals surface area contributed by atoms with Gasteiger partial charge in [0.05, 0.1) is 0 Å². The third-order valence-corrected chi connectivity index (χ3v) is 13.0. The Morgan fingerprint density at radius 3 is 1.08 bits per heavy atom. The van der Waals surface area contributed by atoms with E-state index < -0.39 is 0 Å². The standard InChI is InChI=1S/C57H43N3/c1-56(2)49-22-10-8-20-45(49)47-30-28-41(34-51(47)56)39-16-12-18-43(32-39)54-58-53(38-26-24-37(25-27-38)36-14-6-5-7-15-36)59-55(60-54)44-19-13-17-40(33-44)42-29-31-48-46-21-9-11-23-50(46)57(3,4)52(48)35-42/h5-35H,1-4H3. The summed E-state index contributed by atoms with van der Waals surface area (Å²) in [5.74, 6) is 1.92. The highest BCUT2D eigenvalue weighted by atomic mass is 15.0. The van der Waals surface area contributed by atoms with Crippen molar-refractivity contribution >= 4 is 0 Å². The van der Waals surface area contributed by atoms with Crippen LogP contribution in [0.5, 0.6) is 0 Å². The van der Waals surface area contributed by atoms with Gasteiger partial charge in [0, 0.05) is 27.5 Å². The first-order valence-corrected chi connectivity index (χ1v) is 20.8. The zero-order valence-corrected chi connectivity index (χ0v) is 34.2. The lowest BCUT2D eigenvalue weighted by atomic mass is 9.81. The van der Waals surface area contributed by atoms with Crippen molar-refractivity contribution in [3.8, 4) is 89.8 Å². The van der Waals surface area contributed by atoms with Gasteiger partial charge in [0.2, 0.25) is 0 Å². The Bertz CT molecular complexity index is 2970. The molecule has 0 atom stereocenters. The fraction of sp³-hybridized carbons (Fsp3) is 0.105. The SMILES string of the molecule is CC1(C)c2ccccc2-c2ccc(-c3cccc(-c4nc(-c5ccc(-c6ccccc6)cc5)nc(-c5cccc(-c6ccc7c(c6)C(C)(C)c6ccccc6-7)c5)n4)c3)cc21. The van der Waals surface area contributed by atoms with E-state index in [-0.39, 0.29) is 10.8 Å². The molecule has 0 spiro atoms. The highest BCUT2D eigenvalue weighted by molar-refractivity contribution is 5.86. The molecule has 8 aromatic carbocycles. The van der Waals surface area contributed by atoms with Crippen molar-refractivity contribution in [2.45, 2.75) is 38.5 Å². The van der Waals surface area contributed by atoms with Gasteiger partial charge in [-0.25, -0.2) is 15.0 Å². The van der Waals surface area contributed by atoms with Gasteiger partial charge in [-0.2, -0.15) is 0 Å². The highest BCUT2D eigenvalue weighted by Crippen LogP contribution is 2.51. The molecule has 0 N–H and O–H groups in total. The molecule has 0 aliphatic heterocycles. The maximum atomic E-state index is 5.23. The molecule has 3 nitrogen and oxygen atoms in total. The number of hydrogen-bond acceptors (Lipinski definition) is 3. The summed E-state index contributed by atoms with van der Waals surface area (Å²) in [6.07, 6.45) is 0. The van der Waals surface area contributed by atoms with E-state index in [0.29, 0.717) is 17.5 Å². The molecule has 1 heterocycles. The van der Waals surface area contributed by atoms with E-state index in [1.54, 1.807) is 0 Å². The van der Waals surface area contributed by atoms with Gasteiger partial charge in [-0.3, -0.25) is 0 Å². The fourth-order valence-corrected chi connectivity index (χ4v) is 9.65. The summed E-state index contributed by atoms with van der Waals surface area (Å²) in [5.41, 5.74) is 20.3. The molecule has 0 bridgehead atoms. The lowest BCUT2D eigenvalue weighted by Crippen LogP contribution is -2.14. The number of fused-ring (bicyclic) bond motifs is 6. The Kier molecular flexibility index (Phi) is 8.18. The predicted molar refractivity (Wildman–Crippen MR) is 248 cm³/mol. The van der Waals surface area contributed by atoms with Crippen molar-refractivity contribution < 1.29 is 0 Å². The zero-order chi connectivity index (χ0) is 40.6. The van der Waals surface area contributed by atoms with Crippen molar-refractivity contribution in [3.63, 3.8) is 0 Å². The summed E-state index contributed by atoms with van der Waals surface area (Å²) in [6.45, 7) is 9.32. The molecule has 9 aromatic rings. The second-order valence-electron chi connectivity index (χ2n) is 17.3. The van der Waals surface area contributed by atoms with Crippen LogP contribution in [-0.4, -0.2) is 15.0 Å². The first-order valence-electron chi connectivity index (χ1n) is 20.8. The van der Waals surface area contributed by atoms with Gasteiger partial charge in [0.25, 0.3) is 0 Å². The smallest absolute Gasteiger partial charge is 0.164 e. The van der Waals surface area contributed by atoms with E-state index in [0.717, 1.165) is 33.4 Å². The van der Waals surface area contributed by atoms with Crippen LogP contribution in [0.1, 0.15) is 49.9 Å². The van der Waals surface area contributed by atoms with Gasteiger partial charge < -0.3 is 0 Å². The largest absolute Gasteiger partial charge is 0.208 e. The minimum atomic E-state index is -0.0802. The van der Waals surface area contributed by atoms with Crippen LogP contribution in [-0.2, 0) is 10.8 Å². The molecule has 0 saturated carbocycles. The van der Waals surface area contributed by atoms with Crippen LogP contribution in [0.4, 0.5) is 0 Å². The normalized spacial score (nSPS) is 13.9. The molecular formula is C57H43N3. The third kappa shape index (κ3) is 5.84. The van der Waals surface area contributed by atoms with Gasteiger partial charge in [0.15, 0.2) is 17.5 Å². The molecule has 2 aliphatic rings. The third-order valence-electron chi connectivity index (χ3n) is 13.0. The highest BCUT2D eigenvalue weighted by Gasteiger charge is 2.36. The summed E-state index contributed by atoms with van der Waals surface area (Å²) >= 11 is 0. The fourth-order valence-electron chi connectivity index (χ4n) is 9.65. The molecule has 0 unspecified atom stereocenters. The second kappa shape index (κ2) is 13.7. The topological polar surface area (TPSA) is 38.7 Å². The molecular weight excluding hydrogens is 727 g/mol. The van der Waals surface area contributed by atoms with Crippen molar-refractivity contribution in [2.24, 2.45) is 0 Å². The molecule has 2 aliphatic carbocycles. The van der Waals surface area contributed by atoms with Crippen LogP contribution in [0.15, 0.2) is 188 Å². The van der Waals surface area contributed by atoms with E-state index in [2.05, 4.69) is 210 Å². The van der Waals surface area contributed by atoms with Crippen molar-refractivity contribution in [2.75, 3.05) is 0 Å². The molecule has 0 amide bonds. The van der Waals surface area contributed by atoms with E-state index >= 15 is 0 Å². The quantitative estimate of drug-likeness (QED) is 0.169. The molecule has 60 heavy (non-hydrogen) atoms. The molecule has 0 saturated heterocycles. The Balaban J connectivity index is 1.01. The first kappa shape index (κ1) is 35.9. The first-order chi connectivity index (χ1) is 29.2. The van der Waals surface area contributed by atoms with Crippen LogP contribution in [0.25, 0.3) is 89.8 Å². The van der Waals surface area contributed by atoms with E-state index in [4.69, 9.17) is 15.0 Å². The van der Waals surface area contributed by atoms with Crippen LogP contribution < -0.4 is 0 Å². The number of aromatic nitrogens is 3. The Morgan fingerprint density at radius 2 is 0.583 bits per heavy atom. The maximum absolute atomic E-state index is 5.23. The lowest BCUT2D eigenvalue weighted by molar-refractivity contribution is 0.660. The van der Waals surface area contributed by atoms with Gasteiger partial charge in [-0.05, 0) is 102 Å². The predicted octanol–water partition coefficient (Wildman–Crippen LogP) is 14.5. The van der Waals surface area contributed by atoms with Gasteiger partial charge in [-0.15, -0.1) is 0 Å². The molecule has 0 fully saturated rings. The van der Waals surface area contributed by atoms with Gasteiger partial charge in [-0.1, -0.05) is 191 Å². The van der Waals surface area contributed by atoms with E-state index in [9.17, 15) is 0 Å². The van der Waals surface area contributed by atoms with Crippen LogP contribution in [0, 0.1) is 0 Å². The van der Waals surface area contributed by atoms with E-state index in [1.807, 2.05) is 6.07 Å². The number of hydrogen-bond donors (Lipinski definition) is 0. The van der Waals surface area contributed by atoms with Crippen LogP contribution in [0.2, 0.25) is 0 Å². The number of nitrogens with zero attached hydrogens (tertiary/aromatic N) is 3. The van der Waals surface area contributed by atoms with Crippen molar-refractivity contribution in [1.29, 1.82) is 0 Å². The number of rotatable bonds is 6. The monoisotopic (exact) mass is 769 g/mol. The molecule has 3 heteroatoms. The average Bonchev–Trinajstić information content (AvgIpc) is 3.68.